The molecule has 0 spiro atoms. The topological polar surface area (TPSA) is 17.8 Å². The van der Waals surface area contributed by atoms with Gasteiger partial charge in [-0.25, -0.2) is 0 Å². The van der Waals surface area contributed by atoms with Crippen molar-refractivity contribution in [1.29, 1.82) is 0 Å². The Kier molecular flexibility index (Phi) is 3.64. The Balaban J connectivity index is 1.76. The summed E-state index contributed by atoms with van der Waals surface area (Å²) in [6.07, 6.45) is 2.87. The highest BCUT2D eigenvalue weighted by Gasteiger charge is 2.04. The second kappa shape index (κ2) is 5.74. The van der Waals surface area contributed by atoms with Crippen LogP contribution >= 0.6 is 0 Å². The van der Waals surface area contributed by atoms with Crippen LogP contribution in [0.15, 0.2) is 66.9 Å². The highest BCUT2D eigenvalue weighted by Crippen LogP contribution is 2.18. The third-order valence-electron chi connectivity index (χ3n) is 3.52. The van der Waals surface area contributed by atoms with Gasteiger partial charge in [-0.2, -0.15) is 5.10 Å². The van der Waals surface area contributed by atoms with Crippen molar-refractivity contribution < 1.29 is 0 Å². The van der Waals surface area contributed by atoms with E-state index in [2.05, 4.69) is 71.3 Å². The van der Waals surface area contributed by atoms with Gasteiger partial charge in [0.1, 0.15) is 0 Å². The molecule has 0 aliphatic rings. The van der Waals surface area contributed by atoms with Crippen LogP contribution in [0.1, 0.15) is 11.1 Å². The quantitative estimate of drug-likeness (QED) is 0.692. The van der Waals surface area contributed by atoms with E-state index < -0.39 is 0 Å². The number of aromatic nitrogens is 2. The zero-order valence-corrected chi connectivity index (χ0v) is 11.7. The molecule has 0 bridgehead atoms. The number of benzene rings is 2. The normalized spacial score (nSPS) is 10.7. The first-order chi connectivity index (χ1) is 9.83. The Bertz CT molecular complexity index is 666. The van der Waals surface area contributed by atoms with Crippen LogP contribution in [-0.4, -0.2) is 9.78 Å². The van der Waals surface area contributed by atoms with Gasteiger partial charge in [-0.15, -0.1) is 0 Å². The van der Waals surface area contributed by atoms with Crippen molar-refractivity contribution in [2.24, 2.45) is 0 Å². The minimum atomic E-state index is 0.903. The number of nitrogens with zero attached hydrogens (tertiary/aromatic N) is 2. The smallest absolute Gasteiger partial charge is 0.0682 e. The molecular formula is C18H18N2. The summed E-state index contributed by atoms with van der Waals surface area (Å²) in [5.74, 6) is 0. The lowest BCUT2D eigenvalue weighted by atomic mass is 10.1. The van der Waals surface area contributed by atoms with E-state index in [1.807, 2.05) is 12.3 Å². The summed E-state index contributed by atoms with van der Waals surface area (Å²) in [7, 11) is 0. The van der Waals surface area contributed by atoms with Crippen molar-refractivity contribution in [1.82, 2.24) is 9.78 Å². The van der Waals surface area contributed by atoms with E-state index >= 15 is 0 Å². The molecule has 3 aromatic rings. The van der Waals surface area contributed by atoms with Gasteiger partial charge in [-0.3, -0.25) is 4.68 Å². The van der Waals surface area contributed by atoms with Gasteiger partial charge in [0.15, 0.2) is 0 Å². The highest BCUT2D eigenvalue weighted by molar-refractivity contribution is 5.58. The van der Waals surface area contributed by atoms with Crippen LogP contribution in [0.4, 0.5) is 0 Å². The lowest BCUT2D eigenvalue weighted by molar-refractivity contribution is 0.621. The molecule has 0 radical (unpaired) electrons. The van der Waals surface area contributed by atoms with E-state index in [0.29, 0.717) is 0 Å². The molecule has 0 saturated carbocycles. The largest absolute Gasteiger partial charge is 0.265 e. The van der Waals surface area contributed by atoms with Crippen LogP contribution in [0.5, 0.6) is 0 Å². The molecule has 0 atom stereocenters. The molecule has 0 N–H and O–H groups in total. The lowest BCUT2D eigenvalue weighted by Crippen LogP contribution is -2.04. The van der Waals surface area contributed by atoms with Crippen LogP contribution in [0.2, 0.25) is 0 Å². The fourth-order valence-corrected chi connectivity index (χ4v) is 2.35. The summed E-state index contributed by atoms with van der Waals surface area (Å²) >= 11 is 0. The van der Waals surface area contributed by atoms with Crippen molar-refractivity contribution in [2.45, 2.75) is 19.9 Å². The van der Waals surface area contributed by atoms with E-state index in [4.69, 9.17) is 0 Å². The molecule has 3 rings (SSSR count). The molecule has 0 unspecified atom stereocenters. The molecular weight excluding hydrogens is 244 g/mol. The maximum absolute atomic E-state index is 4.44. The van der Waals surface area contributed by atoms with Gasteiger partial charge in [0.2, 0.25) is 0 Å². The van der Waals surface area contributed by atoms with Crippen molar-refractivity contribution in [3.63, 3.8) is 0 Å². The Labute approximate surface area is 119 Å². The summed E-state index contributed by atoms with van der Waals surface area (Å²) in [5, 5.41) is 4.44. The fraction of sp³-hybridized carbons (Fsp3) is 0.167. The van der Waals surface area contributed by atoms with Gasteiger partial charge in [-0.1, -0.05) is 60.2 Å². The maximum atomic E-state index is 4.44. The summed E-state index contributed by atoms with van der Waals surface area (Å²) in [6.45, 7) is 3.02. The van der Waals surface area contributed by atoms with Gasteiger partial charge in [0.25, 0.3) is 0 Å². The van der Waals surface area contributed by atoms with Crippen molar-refractivity contribution in [2.75, 3.05) is 0 Å². The third kappa shape index (κ3) is 2.80. The van der Waals surface area contributed by atoms with Gasteiger partial charge in [-0.05, 0) is 30.5 Å². The van der Waals surface area contributed by atoms with Gasteiger partial charge >= 0.3 is 0 Å². The average molecular weight is 262 g/mol. The number of rotatable bonds is 4. The summed E-state index contributed by atoms with van der Waals surface area (Å²) in [6, 6.07) is 21.2. The second-order valence-corrected chi connectivity index (χ2v) is 5.04. The minimum absolute atomic E-state index is 0.903. The predicted octanol–water partition coefficient (Wildman–Crippen LogP) is 4.10. The molecule has 1 aromatic heterocycles. The molecule has 100 valence electrons. The van der Waals surface area contributed by atoms with E-state index in [1.54, 1.807) is 0 Å². The highest BCUT2D eigenvalue weighted by atomic mass is 15.3. The molecule has 0 aliphatic heterocycles. The first kappa shape index (κ1) is 12.7. The first-order valence-electron chi connectivity index (χ1n) is 6.96. The maximum Gasteiger partial charge on any atom is 0.0682 e. The number of aryl methyl sites for hydroxylation is 3. The molecule has 2 aromatic carbocycles. The van der Waals surface area contributed by atoms with Crippen LogP contribution in [0.3, 0.4) is 0 Å². The predicted molar refractivity (Wildman–Crippen MR) is 82.5 cm³/mol. The van der Waals surface area contributed by atoms with Crippen molar-refractivity contribution >= 4 is 0 Å². The van der Waals surface area contributed by atoms with Crippen LogP contribution in [-0.2, 0) is 13.0 Å². The standard InChI is InChI=1S/C18H18N2/c1-15-7-9-16(10-8-15)12-14-20-18(11-13-19-20)17-5-3-2-4-6-17/h2-11,13H,12,14H2,1H3. The summed E-state index contributed by atoms with van der Waals surface area (Å²) < 4.78 is 2.08. The van der Waals surface area contributed by atoms with Crippen molar-refractivity contribution in [3.8, 4) is 11.3 Å². The van der Waals surface area contributed by atoms with Crippen LogP contribution in [0.25, 0.3) is 11.3 Å². The Hall–Kier alpha value is -2.35. The third-order valence-corrected chi connectivity index (χ3v) is 3.52. The van der Waals surface area contributed by atoms with E-state index in [-0.39, 0.29) is 0 Å². The van der Waals surface area contributed by atoms with E-state index in [9.17, 15) is 0 Å². The molecule has 2 heteroatoms. The van der Waals surface area contributed by atoms with Gasteiger partial charge in [0, 0.05) is 12.7 Å². The molecule has 0 amide bonds. The zero-order valence-electron chi connectivity index (χ0n) is 11.7. The summed E-state index contributed by atoms with van der Waals surface area (Å²) in [4.78, 5) is 0. The SMILES string of the molecule is Cc1ccc(CCn2nccc2-c2ccccc2)cc1. The van der Waals surface area contributed by atoms with Crippen molar-refractivity contribution in [3.05, 3.63) is 78.0 Å². The minimum Gasteiger partial charge on any atom is -0.265 e. The number of hydrogen-bond acceptors (Lipinski definition) is 1. The Morgan fingerprint density at radius 1 is 0.900 bits per heavy atom. The zero-order chi connectivity index (χ0) is 13.8. The lowest BCUT2D eigenvalue weighted by Gasteiger charge is -2.08. The monoisotopic (exact) mass is 262 g/mol. The Morgan fingerprint density at radius 2 is 1.65 bits per heavy atom. The van der Waals surface area contributed by atoms with E-state index in [0.717, 1.165) is 13.0 Å². The average Bonchev–Trinajstić information content (AvgIpc) is 2.96. The molecule has 0 aliphatic carbocycles. The van der Waals surface area contributed by atoms with E-state index in [1.165, 1.54) is 22.4 Å². The fourth-order valence-electron chi connectivity index (χ4n) is 2.35. The molecule has 20 heavy (non-hydrogen) atoms. The van der Waals surface area contributed by atoms with Gasteiger partial charge in [0.05, 0.1) is 5.69 Å². The molecule has 0 fully saturated rings. The summed E-state index contributed by atoms with van der Waals surface area (Å²) in [5.41, 5.74) is 5.05. The molecule has 0 saturated heterocycles. The number of hydrogen-bond donors (Lipinski definition) is 0. The molecule has 2 nitrogen and oxygen atoms in total. The molecule has 1 heterocycles. The van der Waals surface area contributed by atoms with Gasteiger partial charge < -0.3 is 0 Å². The van der Waals surface area contributed by atoms with Crippen LogP contribution in [0, 0.1) is 6.92 Å². The second-order valence-electron chi connectivity index (χ2n) is 5.04. The first-order valence-corrected chi connectivity index (χ1v) is 6.96. The van der Waals surface area contributed by atoms with Crippen LogP contribution < -0.4 is 0 Å². The Morgan fingerprint density at radius 3 is 2.40 bits per heavy atom.